The van der Waals surface area contributed by atoms with Crippen molar-refractivity contribution in [2.24, 2.45) is 10.8 Å². The molecule has 0 fully saturated rings. The minimum Gasteiger partial charge on any atom is -0.317 e. The normalized spacial score (nSPS) is 27.5. The number of hydrogen-bond donors (Lipinski definition) is 3. The van der Waals surface area contributed by atoms with Crippen LogP contribution in [0.3, 0.4) is 0 Å². The summed E-state index contributed by atoms with van der Waals surface area (Å²) in [4.78, 5) is 15.6. The molecule has 0 saturated heterocycles. The van der Waals surface area contributed by atoms with E-state index in [1.165, 1.54) is 14.2 Å². The Morgan fingerprint density at radius 3 is 2.39 bits per heavy atom. The van der Waals surface area contributed by atoms with E-state index in [1.54, 1.807) is 24.3 Å². The molecule has 2 atom stereocenters. The second-order valence-corrected chi connectivity index (χ2v) is 6.94. The Bertz CT molecular complexity index is 923. The van der Waals surface area contributed by atoms with Crippen molar-refractivity contribution in [1.29, 1.82) is 10.5 Å². The van der Waals surface area contributed by atoms with E-state index in [2.05, 4.69) is 27.8 Å². The topological polar surface area (TPSA) is 121 Å². The number of para-hydroxylation sites is 1. The highest BCUT2D eigenvalue weighted by Gasteiger charge is 2.78. The lowest BCUT2D eigenvalue weighted by atomic mass is 9.57. The summed E-state index contributed by atoms with van der Waals surface area (Å²) >= 11 is 0. The predicted octanol–water partition coefficient (Wildman–Crippen LogP) is 1.01. The van der Waals surface area contributed by atoms with Crippen molar-refractivity contribution in [3.63, 3.8) is 0 Å². The Hall–Kier alpha value is -3.20. The maximum absolute atomic E-state index is 12.6. The zero-order valence-electron chi connectivity index (χ0n) is 16.0. The van der Waals surface area contributed by atoms with E-state index in [0.717, 1.165) is 5.57 Å². The van der Waals surface area contributed by atoms with Gasteiger partial charge in [0.1, 0.15) is 0 Å². The van der Waals surface area contributed by atoms with Crippen LogP contribution in [0.4, 0.5) is 10.5 Å². The summed E-state index contributed by atoms with van der Waals surface area (Å²) in [5.74, 6) is -1.40. The van der Waals surface area contributed by atoms with Crippen LogP contribution in [0.1, 0.15) is 19.8 Å². The van der Waals surface area contributed by atoms with Gasteiger partial charge in [0, 0.05) is 26.3 Å². The molecule has 1 heterocycles. The Balaban J connectivity index is 2.04. The molecular formula is C20H22N5O3+. The number of nitrogens with zero attached hydrogens (tertiary/aromatic N) is 2. The lowest BCUT2D eigenvalue weighted by molar-refractivity contribution is -0.691. The van der Waals surface area contributed by atoms with Gasteiger partial charge in [0.2, 0.25) is 0 Å². The number of allylic oxidation sites excluding steroid dienone is 2. The van der Waals surface area contributed by atoms with Crippen molar-refractivity contribution in [1.82, 2.24) is 5.32 Å². The SMILES string of the molecule is COC1(OC)[NH+]=C(NC(=O)Nc2ccccc2)[C@@]2(C#N)CC(C)=CC[C@]12C#N. The second kappa shape index (κ2) is 7.08. The third kappa shape index (κ3) is 2.58. The molecule has 0 bridgehead atoms. The Kier molecular flexibility index (Phi) is 4.95. The molecule has 144 valence electrons. The molecule has 1 aromatic rings. The summed E-state index contributed by atoms with van der Waals surface area (Å²) in [6.45, 7) is 1.89. The van der Waals surface area contributed by atoms with Crippen LogP contribution in [0.2, 0.25) is 0 Å². The lowest BCUT2D eigenvalue weighted by Crippen LogP contribution is -2.90. The molecular weight excluding hydrogens is 358 g/mol. The number of amides is 2. The van der Waals surface area contributed by atoms with Crippen LogP contribution < -0.4 is 15.6 Å². The number of methoxy groups -OCH3 is 2. The second-order valence-electron chi connectivity index (χ2n) is 6.94. The third-order valence-electron chi connectivity index (χ3n) is 5.53. The van der Waals surface area contributed by atoms with Gasteiger partial charge in [0.05, 0.1) is 12.1 Å². The van der Waals surface area contributed by atoms with Crippen LogP contribution in [0.15, 0.2) is 42.0 Å². The molecule has 28 heavy (non-hydrogen) atoms. The summed E-state index contributed by atoms with van der Waals surface area (Å²) in [5, 5.41) is 25.8. The Morgan fingerprint density at radius 1 is 1.14 bits per heavy atom. The first-order valence-electron chi connectivity index (χ1n) is 8.79. The average Bonchev–Trinajstić information content (AvgIpc) is 2.95. The van der Waals surface area contributed by atoms with E-state index in [9.17, 15) is 15.3 Å². The number of carbonyl (C=O) groups is 1. The number of carbonyl (C=O) groups excluding carboxylic acids is 1. The van der Waals surface area contributed by atoms with Gasteiger partial charge in [-0.05, 0) is 25.5 Å². The highest BCUT2D eigenvalue weighted by atomic mass is 16.7. The van der Waals surface area contributed by atoms with Crippen molar-refractivity contribution in [2.75, 3.05) is 19.5 Å². The summed E-state index contributed by atoms with van der Waals surface area (Å²) in [6, 6.07) is 12.9. The molecule has 0 unspecified atom stereocenters. The monoisotopic (exact) mass is 380 g/mol. The number of hydrogen-bond acceptors (Lipinski definition) is 5. The fraction of sp³-hybridized carbons (Fsp3) is 0.400. The molecule has 0 aromatic heterocycles. The summed E-state index contributed by atoms with van der Waals surface area (Å²) in [5.41, 5.74) is -1.20. The molecule has 1 aliphatic carbocycles. The molecule has 2 aliphatic rings. The molecule has 0 spiro atoms. The van der Waals surface area contributed by atoms with Crippen LogP contribution in [0.5, 0.6) is 0 Å². The van der Waals surface area contributed by atoms with Crippen molar-refractivity contribution in [2.45, 2.75) is 25.7 Å². The van der Waals surface area contributed by atoms with Crippen molar-refractivity contribution in [3.8, 4) is 12.1 Å². The van der Waals surface area contributed by atoms with Gasteiger partial charge in [-0.2, -0.15) is 15.8 Å². The van der Waals surface area contributed by atoms with Crippen LogP contribution in [0, 0.1) is 33.5 Å². The number of ether oxygens (including phenoxy) is 2. The van der Waals surface area contributed by atoms with Crippen LogP contribution in [-0.2, 0) is 9.47 Å². The van der Waals surface area contributed by atoms with Gasteiger partial charge in [0.25, 0.3) is 5.84 Å². The maximum atomic E-state index is 12.6. The first-order valence-corrected chi connectivity index (χ1v) is 8.79. The molecule has 0 saturated carbocycles. The summed E-state index contributed by atoms with van der Waals surface area (Å²) in [7, 11) is 2.80. The van der Waals surface area contributed by atoms with Gasteiger partial charge < -0.3 is 9.47 Å². The van der Waals surface area contributed by atoms with Gasteiger partial charge in [-0.1, -0.05) is 29.8 Å². The molecule has 1 aromatic carbocycles. The number of rotatable bonds is 3. The summed E-state index contributed by atoms with van der Waals surface area (Å²) in [6.07, 6.45) is 2.41. The van der Waals surface area contributed by atoms with Gasteiger partial charge in [-0.25, -0.2) is 9.79 Å². The van der Waals surface area contributed by atoms with E-state index in [0.29, 0.717) is 5.69 Å². The highest BCUT2D eigenvalue weighted by molar-refractivity contribution is 6.05. The molecule has 1 aliphatic heterocycles. The minimum atomic E-state index is -1.58. The zero-order valence-corrected chi connectivity index (χ0v) is 16.0. The largest absolute Gasteiger partial charge is 0.410 e. The maximum Gasteiger partial charge on any atom is 0.410 e. The smallest absolute Gasteiger partial charge is 0.317 e. The van der Waals surface area contributed by atoms with E-state index >= 15 is 0 Å². The van der Waals surface area contributed by atoms with Gasteiger partial charge in [0.15, 0.2) is 10.8 Å². The molecule has 3 rings (SSSR count). The van der Waals surface area contributed by atoms with Crippen molar-refractivity contribution >= 4 is 17.6 Å². The fourth-order valence-corrected chi connectivity index (χ4v) is 4.11. The minimum absolute atomic E-state index is 0.182. The van der Waals surface area contributed by atoms with Gasteiger partial charge >= 0.3 is 11.9 Å². The van der Waals surface area contributed by atoms with Crippen LogP contribution in [0.25, 0.3) is 0 Å². The molecule has 3 N–H and O–H groups in total. The predicted molar refractivity (Wildman–Crippen MR) is 100 cm³/mol. The standard InChI is InChI=1S/C20H21N5O3/c1-14-9-10-19(13-22)18(11-14,12-21)16(25-20(19,27-2)28-3)24-17(26)23-15-7-5-4-6-8-15/h4-9H,10-11H2,1-3H3,(H2,23,24,25,26)/p+1/t18-,19+/m0/s1. The van der Waals surface area contributed by atoms with E-state index < -0.39 is 22.8 Å². The van der Waals surface area contributed by atoms with Gasteiger partial charge in [-0.3, -0.25) is 5.32 Å². The van der Waals surface area contributed by atoms with Crippen LogP contribution in [-0.4, -0.2) is 32.0 Å². The molecule has 2 amide bonds. The van der Waals surface area contributed by atoms with E-state index in [1.807, 2.05) is 19.1 Å². The first kappa shape index (κ1) is 19.6. The highest BCUT2D eigenvalue weighted by Crippen LogP contribution is 2.56. The quantitative estimate of drug-likeness (QED) is 0.534. The van der Waals surface area contributed by atoms with E-state index in [4.69, 9.17) is 9.47 Å². The number of urea groups is 1. The molecule has 8 nitrogen and oxygen atoms in total. The van der Waals surface area contributed by atoms with E-state index in [-0.39, 0.29) is 18.7 Å². The average molecular weight is 380 g/mol. The Morgan fingerprint density at radius 2 is 1.82 bits per heavy atom. The molecule has 8 heteroatoms. The zero-order chi connectivity index (χ0) is 20.4. The number of nitrogens with one attached hydrogen (secondary N) is 3. The molecule has 0 radical (unpaired) electrons. The number of benzene rings is 1. The summed E-state index contributed by atoms with van der Waals surface area (Å²) < 4.78 is 11.2. The number of amidine groups is 1. The first-order chi connectivity index (χ1) is 13.4. The lowest BCUT2D eigenvalue weighted by Gasteiger charge is -2.42. The van der Waals surface area contributed by atoms with Gasteiger partial charge in [-0.15, -0.1) is 0 Å². The van der Waals surface area contributed by atoms with Crippen molar-refractivity contribution in [3.05, 3.63) is 42.0 Å². The van der Waals surface area contributed by atoms with Crippen molar-refractivity contribution < 1.29 is 19.3 Å². The third-order valence-corrected chi connectivity index (χ3v) is 5.53. The number of anilines is 1. The number of nitriles is 2. The fourth-order valence-electron chi connectivity index (χ4n) is 4.11. The van der Waals surface area contributed by atoms with Crippen LogP contribution >= 0.6 is 0 Å². The Labute approximate surface area is 163 Å². The number of fused-ring (bicyclic) bond motifs is 1.